The van der Waals surface area contributed by atoms with E-state index in [1.807, 2.05) is 30.0 Å². The summed E-state index contributed by atoms with van der Waals surface area (Å²) in [7, 11) is 0. The highest BCUT2D eigenvalue weighted by Gasteiger charge is 2.33. The van der Waals surface area contributed by atoms with E-state index < -0.39 is 17.7 Å². The van der Waals surface area contributed by atoms with E-state index >= 15 is 4.39 Å². The lowest BCUT2D eigenvalue weighted by Crippen LogP contribution is -2.39. The average Bonchev–Trinajstić information content (AvgIpc) is 3.51. The molecule has 210 valence electrons. The van der Waals surface area contributed by atoms with Gasteiger partial charge in [-0.15, -0.1) is 0 Å². The van der Waals surface area contributed by atoms with Gasteiger partial charge >= 0.3 is 5.97 Å². The van der Waals surface area contributed by atoms with Crippen LogP contribution in [0.15, 0.2) is 48.5 Å². The van der Waals surface area contributed by atoms with Crippen molar-refractivity contribution in [3.05, 3.63) is 76.9 Å². The molecule has 2 aromatic heterocycles. The number of rotatable bonds is 5. The monoisotopic (exact) mass is 555 g/mol. The summed E-state index contributed by atoms with van der Waals surface area (Å²) in [6.45, 7) is 3.36. The number of phenolic OH excluding ortho intramolecular Hbond substituents is 1. The SMILES string of the molecule is C[C@@H]1c2ccccc2CCN1C(=O)c1cc(C2CC2)n2nc(-c3c(O)cc(N4CCC(C(=O)O)C4)cc3F)cc2n1. The number of amides is 1. The van der Waals surface area contributed by atoms with Gasteiger partial charge in [0.1, 0.15) is 23.0 Å². The average molecular weight is 556 g/mol. The lowest BCUT2D eigenvalue weighted by molar-refractivity contribution is -0.140. The van der Waals surface area contributed by atoms with Crippen molar-refractivity contribution in [2.75, 3.05) is 24.5 Å². The highest BCUT2D eigenvalue weighted by molar-refractivity contribution is 5.93. The second kappa shape index (κ2) is 9.57. The third-order valence-corrected chi connectivity index (χ3v) is 8.74. The van der Waals surface area contributed by atoms with Gasteiger partial charge in [-0.25, -0.2) is 13.9 Å². The molecule has 1 saturated carbocycles. The number of phenols is 1. The molecule has 1 amide bonds. The van der Waals surface area contributed by atoms with Crippen molar-refractivity contribution in [2.24, 2.45) is 5.92 Å². The van der Waals surface area contributed by atoms with Crippen LogP contribution in [-0.4, -0.2) is 61.2 Å². The Bertz CT molecular complexity index is 1690. The first kappa shape index (κ1) is 25.5. The third kappa shape index (κ3) is 4.38. The molecular weight excluding hydrogens is 525 g/mol. The summed E-state index contributed by atoms with van der Waals surface area (Å²) in [5.41, 5.74) is 4.60. The molecule has 0 bridgehead atoms. The Morgan fingerprint density at radius 1 is 1.05 bits per heavy atom. The van der Waals surface area contributed by atoms with Gasteiger partial charge in [0.25, 0.3) is 5.91 Å². The normalized spacial score (nSPS) is 20.4. The number of aromatic nitrogens is 3. The lowest BCUT2D eigenvalue weighted by atomic mass is 9.93. The number of carbonyl (C=O) groups excluding carboxylic acids is 1. The van der Waals surface area contributed by atoms with Crippen LogP contribution in [0, 0.1) is 11.7 Å². The van der Waals surface area contributed by atoms with Crippen molar-refractivity contribution in [1.82, 2.24) is 19.5 Å². The van der Waals surface area contributed by atoms with Gasteiger partial charge in [-0.3, -0.25) is 9.59 Å². The first-order valence-corrected chi connectivity index (χ1v) is 14.1. The second-order valence-electron chi connectivity index (χ2n) is 11.4. The van der Waals surface area contributed by atoms with Gasteiger partial charge in [0.2, 0.25) is 0 Å². The van der Waals surface area contributed by atoms with E-state index in [-0.39, 0.29) is 41.4 Å². The first-order valence-electron chi connectivity index (χ1n) is 14.1. The summed E-state index contributed by atoms with van der Waals surface area (Å²) in [6, 6.07) is 14.3. The number of carboxylic acids is 1. The number of benzene rings is 2. The van der Waals surface area contributed by atoms with E-state index in [0.717, 1.165) is 30.5 Å². The Hall–Kier alpha value is -4.47. The standard InChI is InChI=1S/C31H30FN5O4/c1-17-22-5-3-2-4-18(22)9-11-36(17)30(39)25-14-26(19-6-7-19)37-28(33-25)15-24(34-37)29-23(32)12-21(13-27(29)38)35-10-8-20(16-35)31(40)41/h2-5,12-15,17,19-20,38H,6-11,16H2,1H3,(H,40,41)/t17-,20?/m1/s1. The van der Waals surface area contributed by atoms with Crippen LogP contribution in [0.25, 0.3) is 16.9 Å². The van der Waals surface area contributed by atoms with Crippen LogP contribution >= 0.6 is 0 Å². The zero-order valence-electron chi connectivity index (χ0n) is 22.6. The molecule has 0 spiro atoms. The van der Waals surface area contributed by atoms with Crippen molar-refractivity contribution in [1.29, 1.82) is 0 Å². The molecule has 1 aliphatic carbocycles. The summed E-state index contributed by atoms with van der Waals surface area (Å²) in [6.07, 6.45) is 3.18. The van der Waals surface area contributed by atoms with Crippen LogP contribution < -0.4 is 4.90 Å². The summed E-state index contributed by atoms with van der Waals surface area (Å²) in [5, 5.41) is 24.8. The highest BCUT2D eigenvalue weighted by atomic mass is 19.1. The lowest BCUT2D eigenvalue weighted by Gasteiger charge is -2.35. The summed E-state index contributed by atoms with van der Waals surface area (Å²) >= 11 is 0. The molecule has 0 radical (unpaired) electrons. The zero-order chi connectivity index (χ0) is 28.4. The van der Waals surface area contributed by atoms with Gasteiger partial charge in [-0.1, -0.05) is 24.3 Å². The number of hydrogen-bond acceptors (Lipinski definition) is 6. The number of aromatic hydroxyl groups is 1. The summed E-state index contributed by atoms with van der Waals surface area (Å²) < 4.78 is 17.1. The molecule has 7 rings (SSSR count). The molecule has 2 aliphatic heterocycles. The van der Waals surface area contributed by atoms with Gasteiger partial charge in [-0.2, -0.15) is 5.10 Å². The topological polar surface area (TPSA) is 111 Å². The fourth-order valence-electron chi connectivity index (χ4n) is 6.31. The smallest absolute Gasteiger partial charge is 0.308 e. The van der Waals surface area contributed by atoms with E-state index in [0.29, 0.717) is 36.5 Å². The first-order chi connectivity index (χ1) is 19.8. The molecule has 2 atom stereocenters. The van der Waals surface area contributed by atoms with Crippen molar-refractivity contribution < 1.29 is 24.2 Å². The Morgan fingerprint density at radius 3 is 2.59 bits per heavy atom. The maximum absolute atomic E-state index is 15.5. The molecule has 10 heteroatoms. The Kier molecular flexibility index (Phi) is 5.95. The quantitative estimate of drug-likeness (QED) is 0.364. The number of aliphatic carboxylic acids is 1. The van der Waals surface area contributed by atoms with Crippen LogP contribution in [-0.2, 0) is 11.2 Å². The maximum Gasteiger partial charge on any atom is 0.308 e. The molecule has 1 saturated heterocycles. The minimum atomic E-state index is -0.880. The fourth-order valence-corrected chi connectivity index (χ4v) is 6.31. The van der Waals surface area contributed by atoms with Crippen LogP contribution in [0.2, 0.25) is 0 Å². The molecule has 1 unspecified atom stereocenters. The van der Waals surface area contributed by atoms with E-state index in [1.54, 1.807) is 15.5 Å². The van der Waals surface area contributed by atoms with Crippen LogP contribution in [0.1, 0.15) is 65.5 Å². The molecule has 2 N–H and O–H groups in total. The predicted molar refractivity (Wildman–Crippen MR) is 150 cm³/mol. The summed E-state index contributed by atoms with van der Waals surface area (Å²) in [5.74, 6) is -2.26. The van der Waals surface area contributed by atoms with Gasteiger partial charge in [-0.05, 0) is 55.9 Å². The molecule has 2 fully saturated rings. The van der Waals surface area contributed by atoms with Crippen molar-refractivity contribution in [3.63, 3.8) is 0 Å². The highest BCUT2D eigenvalue weighted by Crippen LogP contribution is 2.42. The minimum Gasteiger partial charge on any atom is -0.507 e. The van der Waals surface area contributed by atoms with Gasteiger partial charge in [0.05, 0.1) is 17.5 Å². The van der Waals surface area contributed by atoms with Crippen LogP contribution in [0.5, 0.6) is 5.75 Å². The number of carboxylic acid groups (broad SMARTS) is 1. The number of anilines is 1. The molecule has 3 aliphatic rings. The van der Waals surface area contributed by atoms with Crippen molar-refractivity contribution >= 4 is 23.2 Å². The zero-order valence-corrected chi connectivity index (χ0v) is 22.6. The second-order valence-corrected chi connectivity index (χ2v) is 11.4. The van der Waals surface area contributed by atoms with Crippen molar-refractivity contribution in [3.8, 4) is 17.0 Å². The van der Waals surface area contributed by atoms with Gasteiger partial charge < -0.3 is 20.0 Å². The van der Waals surface area contributed by atoms with Crippen molar-refractivity contribution in [2.45, 2.75) is 44.6 Å². The Labute approximate surface area is 235 Å². The van der Waals surface area contributed by atoms with E-state index in [2.05, 4.69) is 22.2 Å². The maximum atomic E-state index is 15.5. The number of halogens is 1. The van der Waals surface area contributed by atoms with E-state index in [9.17, 15) is 19.8 Å². The molecule has 4 heterocycles. The molecule has 4 aromatic rings. The molecule has 41 heavy (non-hydrogen) atoms. The number of hydrogen-bond donors (Lipinski definition) is 2. The minimum absolute atomic E-state index is 0.0517. The van der Waals surface area contributed by atoms with Gasteiger partial charge in [0, 0.05) is 49.1 Å². The third-order valence-electron chi connectivity index (χ3n) is 8.74. The number of carbonyl (C=O) groups is 2. The molecule has 9 nitrogen and oxygen atoms in total. The molecular formula is C31H30FN5O4. The Morgan fingerprint density at radius 2 is 1.85 bits per heavy atom. The van der Waals surface area contributed by atoms with Crippen LogP contribution in [0.4, 0.5) is 10.1 Å². The van der Waals surface area contributed by atoms with Crippen LogP contribution in [0.3, 0.4) is 0 Å². The number of nitrogens with zero attached hydrogens (tertiary/aromatic N) is 5. The number of fused-ring (bicyclic) bond motifs is 2. The van der Waals surface area contributed by atoms with E-state index in [1.165, 1.54) is 17.7 Å². The van der Waals surface area contributed by atoms with E-state index in [4.69, 9.17) is 0 Å². The van der Waals surface area contributed by atoms with Gasteiger partial charge in [0.15, 0.2) is 5.65 Å². The molecule has 2 aromatic carbocycles. The predicted octanol–water partition coefficient (Wildman–Crippen LogP) is 4.79. The Balaban J connectivity index is 1.23. The largest absolute Gasteiger partial charge is 0.507 e. The fraction of sp³-hybridized carbons (Fsp3) is 0.355. The summed E-state index contributed by atoms with van der Waals surface area (Å²) in [4.78, 5) is 33.4.